The Labute approximate surface area is 228 Å². The highest BCUT2D eigenvalue weighted by molar-refractivity contribution is 7.99. The molecule has 1 aromatic carbocycles. The van der Waals surface area contributed by atoms with E-state index in [1.807, 2.05) is 4.90 Å². The van der Waals surface area contributed by atoms with Crippen LogP contribution in [-0.2, 0) is 12.8 Å². The summed E-state index contributed by atoms with van der Waals surface area (Å²) in [5, 5.41) is 11.1. The maximum atomic E-state index is 13.0. The van der Waals surface area contributed by atoms with E-state index in [4.69, 9.17) is 11.6 Å². The minimum atomic E-state index is -0.607. The van der Waals surface area contributed by atoms with Crippen LogP contribution < -0.4 is 16.0 Å². The molecule has 0 saturated carbocycles. The maximum Gasteiger partial charge on any atom is 0.291 e. The van der Waals surface area contributed by atoms with Gasteiger partial charge in [0, 0.05) is 37.0 Å². The summed E-state index contributed by atoms with van der Waals surface area (Å²) < 4.78 is 1.26. The topological polar surface area (TPSA) is 121 Å². The van der Waals surface area contributed by atoms with Crippen molar-refractivity contribution in [1.82, 2.24) is 19.5 Å². The molecule has 4 heterocycles. The molecule has 0 amide bonds. The average molecular weight is 554 g/mol. The first-order valence-electron chi connectivity index (χ1n) is 12.5. The first-order valence-corrected chi connectivity index (χ1v) is 13.7. The second-order valence-corrected chi connectivity index (χ2v) is 11.4. The lowest BCUT2D eigenvalue weighted by molar-refractivity contribution is 0.0987. The molecule has 38 heavy (non-hydrogen) atoms. The number of anilines is 1. The van der Waals surface area contributed by atoms with Crippen LogP contribution in [0.1, 0.15) is 54.9 Å². The first kappa shape index (κ1) is 26.2. The third-order valence-corrected chi connectivity index (χ3v) is 9.03. The number of nitrogens with one attached hydrogen (secondary N) is 1. The van der Waals surface area contributed by atoms with Crippen molar-refractivity contribution >= 4 is 41.2 Å². The summed E-state index contributed by atoms with van der Waals surface area (Å²) in [6.45, 7) is 6.08. The molecule has 9 nitrogen and oxygen atoms in total. The number of hydrogen-bond acceptors (Lipinski definition) is 8. The number of allylic oxidation sites excluding steroid dienone is 1. The highest BCUT2D eigenvalue weighted by Crippen LogP contribution is 2.36. The molecule has 2 N–H and O–H groups in total. The van der Waals surface area contributed by atoms with Crippen molar-refractivity contribution in [3.8, 4) is 5.88 Å². The summed E-state index contributed by atoms with van der Waals surface area (Å²) in [5.41, 5.74) is -0.434. The number of aromatic nitrogens is 4. The van der Waals surface area contributed by atoms with Crippen molar-refractivity contribution in [3.63, 3.8) is 0 Å². The fourth-order valence-corrected chi connectivity index (χ4v) is 5.95. The number of piperidine rings is 1. The Morgan fingerprint density at radius 3 is 2.74 bits per heavy atom. The summed E-state index contributed by atoms with van der Waals surface area (Å²) in [6.07, 6.45) is 8.26. The number of fused-ring (bicyclic) bond motifs is 1. The number of Topliss-reactive ketones (excluding diaryl/α,β-unsaturated/α-hetero) is 1. The van der Waals surface area contributed by atoms with Crippen molar-refractivity contribution in [2.45, 2.75) is 55.9 Å². The van der Waals surface area contributed by atoms with E-state index in [0.29, 0.717) is 44.0 Å². The molecule has 1 saturated heterocycles. The molecular weight excluding hydrogens is 526 g/mol. The van der Waals surface area contributed by atoms with E-state index < -0.39 is 17.2 Å². The first-order chi connectivity index (χ1) is 18.2. The second-order valence-electron chi connectivity index (χ2n) is 9.97. The van der Waals surface area contributed by atoms with E-state index in [0.717, 1.165) is 32.4 Å². The minimum absolute atomic E-state index is 0.194. The molecular formula is C27H28ClN5O4S. The van der Waals surface area contributed by atoms with Crippen LogP contribution in [0.2, 0.25) is 5.02 Å². The Morgan fingerprint density at radius 1 is 1.26 bits per heavy atom. The van der Waals surface area contributed by atoms with Crippen LogP contribution in [0.4, 0.5) is 5.82 Å². The number of halogens is 1. The Morgan fingerprint density at radius 2 is 2.03 bits per heavy atom. The van der Waals surface area contributed by atoms with Gasteiger partial charge in [0.05, 0.1) is 16.2 Å². The third kappa shape index (κ3) is 5.02. The molecule has 11 heteroatoms. The predicted octanol–water partition coefficient (Wildman–Crippen LogP) is 4.31. The maximum absolute atomic E-state index is 13.0. The van der Waals surface area contributed by atoms with Crippen molar-refractivity contribution in [2.75, 3.05) is 18.0 Å². The van der Waals surface area contributed by atoms with E-state index in [9.17, 15) is 19.5 Å². The van der Waals surface area contributed by atoms with Gasteiger partial charge in [0.15, 0.2) is 11.6 Å². The number of nitrogens with zero attached hydrogens (tertiary/aromatic N) is 4. The zero-order chi connectivity index (χ0) is 27.0. The molecule has 0 bridgehead atoms. The van der Waals surface area contributed by atoms with Crippen LogP contribution in [0.25, 0.3) is 6.20 Å². The Balaban J connectivity index is 1.33. The van der Waals surface area contributed by atoms with Crippen LogP contribution in [0.5, 0.6) is 5.88 Å². The summed E-state index contributed by atoms with van der Waals surface area (Å²) in [5.74, 6) is -0.358. The van der Waals surface area contributed by atoms with Gasteiger partial charge in [-0.05, 0) is 29.9 Å². The van der Waals surface area contributed by atoms with Crippen molar-refractivity contribution in [3.05, 3.63) is 73.2 Å². The lowest BCUT2D eigenvalue weighted by Gasteiger charge is -2.39. The Bertz CT molecular complexity index is 1560. The number of rotatable bonds is 7. The highest BCUT2D eigenvalue weighted by Gasteiger charge is 2.30. The lowest BCUT2D eigenvalue weighted by atomic mass is 9.78. The number of hydrogen-bond donors (Lipinski definition) is 2. The number of aromatic amines is 1. The van der Waals surface area contributed by atoms with Gasteiger partial charge < -0.3 is 15.0 Å². The van der Waals surface area contributed by atoms with Crippen LogP contribution in [-0.4, -0.2) is 43.5 Å². The second kappa shape index (κ2) is 10.4. The van der Waals surface area contributed by atoms with Crippen LogP contribution in [0.15, 0.2) is 50.0 Å². The number of carbonyl (C=O) groups is 1. The normalized spacial score (nSPS) is 16.0. The van der Waals surface area contributed by atoms with Gasteiger partial charge >= 0.3 is 0 Å². The summed E-state index contributed by atoms with van der Waals surface area (Å²) in [4.78, 5) is 52.6. The average Bonchev–Trinajstić information content (AvgIpc) is 3.36. The van der Waals surface area contributed by atoms with Crippen molar-refractivity contribution < 1.29 is 9.90 Å². The van der Waals surface area contributed by atoms with Gasteiger partial charge in [-0.15, -0.1) is 0 Å². The molecule has 1 fully saturated rings. The zero-order valence-electron chi connectivity index (χ0n) is 21.2. The molecule has 3 aromatic rings. The fraction of sp³-hybridized carbons (Fsp3) is 0.370. The van der Waals surface area contributed by atoms with Gasteiger partial charge in [0.2, 0.25) is 5.88 Å². The third-order valence-electron chi connectivity index (χ3n) is 7.48. The number of aromatic hydroxyl groups is 1. The van der Waals surface area contributed by atoms with E-state index in [1.165, 1.54) is 16.3 Å². The minimum Gasteiger partial charge on any atom is -0.493 e. The number of ketones is 1. The predicted molar refractivity (Wildman–Crippen MR) is 148 cm³/mol. The Hall–Kier alpha value is -3.37. The van der Waals surface area contributed by atoms with Gasteiger partial charge in [0.25, 0.3) is 11.1 Å². The van der Waals surface area contributed by atoms with Crippen LogP contribution in [0, 0.1) is 5.41 Å². The standard InChI is InChI=1S/C27H28ClN5O4S/c1-3-27(2)9-12-32(13-10-27)23-25(36)31-20(15-29-23)38-18-7-4-6-16(22(18)28)14-17(34)21-24(35)30-19-8-5-11-33(19)26(21)37/h4-7,11,15,35H,3,8-10,12-14H2,1-2H3,(H,31,36). The molecule has 2 aliphatic rings. The molecule has 2 aromatic heterocycles. The Kier molecular flexibility index (Phi) is 7.19. The van der Waals surface area contributed by atoms with Gasteiger partial charge in [-0.3, -0.25) is 19.0 Å². The van der Waals surface area contributed by atoms with Crippen molar-refractivity contribution in [1.29, 1.82) is 0 Å². The van der Waals surface area contributed by atoms with Gasteiger partial charge in [-0.25, -0.2) is 4.98 Å². The largest absolute Gasteiger partial charge is 0.493 e. The SMILES string of the molecule is CCC1(C)CCN(c2ncc(Sc3cccc(CC(=O)c4c(O)nc5n(c4=O)C=CC5)c3Cl)[nH]c2=O)CC1. The van der Waals surface area contributed by atoms with E-state index in [2.05, 4.69) is 28.8 Å². The zero-order valence-corrected chi connectivity index (χ0v) is 22.7. The monoisotopic (exact) mass is 553 g/mol. The molecule has 0 spiro atoms. The number of H-pyrrole nitrogens is 1. The lowest BCUT2D eigenvalue weighted by Crippen LogP contribution is -2.41. The molecule has 2 aliphatic heterocycles. The van der Waals surface area contributed by atoms with E-state index >= 15 is 0 Å². The van der Waals surface area contributed by atoms with Crippen LogP contribution >= 0.6 is 23.4 Å². The molecule has 198 valence electrons. The number of benzene rings is 1. The summed E-state index contributed by atoms with van der Waals surface area (Å²) in [6, 6.07) is 5.20. The quantitative estimate of drug-likeness (QED) is 0.415. The number of carbonyl (C=O) groups excluding carboxylic acids is 1. The van der Waals surface area contributed by atoms with Crippen LogP contribution in [0.3, 0.4) is 0 Å². The van der Waals surface area contributed by atoms with Gasteiger partial charge in [-0.2, -0.15) is 4.98 Å². The summed E-state index contributed by atoms with van der Waals surface area (Å²) >= 11 is 7.86. The van der Waals surface area contributed by atoms with E-state index in [-0.39, 0.29) is 17.5 Å². The fourth-order valence-electron chi connectivity index (χ4n) is 4.79. The molecule has 0 atom stereocenters. The van der Waals surface area contributed by atoms with E-state index in [1.54, 1.807) is 36.7 Å². The van der Waals surface area contributed by atoms with Crippen molar-refractivity contribution in [2.24, 2.45) is 5.41 Å². The molecule has 0 aliphatic carbocycles. The summed E-state index contributed by atoms with van der Waals surface area (Å²) in [7, 11) is 0. The van der Waals surface area contributed by atoms with Gasteiger partial charge in [-0.1, -0.05) is 61.8 Å². The smallest absolute Gasteiger partial charge is 0.291 e. The highest BCUT2D eigenvalue weighted by atomic mass is 35.5. The molecule has 0 radical (unpaired) electrons. The molecule has 0 unspecified atom stereocenters. The van der Waals surface area contributed by atoms with Gasteiger partial charge in [0.1, 0.15) is 11.4 Å². The molecule has 5 rings (SSSR count).